The molecule has 7 heteroatoms. The predicted molar refractivity (Wildman–Crippen MR) is 79.5 cm³/mol. The lowest BCUT2D eigenvalue weighted by Crippen LogP contribution is -2.09. The summed E-state index contributed by atoms with van der Waals surface area (Å²) in [5.41, 5.74) is 12.5. The Bertz CT molecular complexity index is 846. The van der Waals surface area contributed by atoms with E-state index in [0.717, 1.165) is 15.8 Å². The van der Waals surface area contributed by atoms with Gasteiger partial charge in [0.1, 0.15) is 5.82 Å². The number of aromatic amines is 1. The maximum Gasteiger partial charge on any atom is 0.253 e. The van der Waals surface area contributed by atoms with Crippen molar-refractivity contribution in [3.05, 3.63) is 46.9 Å². The van der Waals surface area contributed by atoms with Crippen LogP contribution in [0.5, 0.6) is 0 Å². The van der Waals surface area contributed by atoms with E-state index in [1.54, 1.807) is 12.3 Å². The first kappa shape index (κ1) is 12.5. The molecule has 0 bridgehead atoms. The fraction of sp³-hybridized carbons (Fsp3) is 0. The van der Waals surface area contributed by atoms with Crippen molar-refractivity contribution < 1.29 is 0 Å². The molecule has 5 N–H and O–H groups in total. The van der Waals surface area contributed by atoms with Crippen LogP contribution >= 0.6 is 11.8 Å². The molecular formula is C13H11N5OS. The number of nitrogens with zero attached hydrogens (tertiary/aromatic N) is 2. The summed E-state index contributed by atoms with van der Waals surface area (Å²) in [4.78, 5) is 23.3. The number of hydrogen-bond acceptors (Lipinski definition) is 6. The summed E-state index contributed by atoms with van der Waals surface area (Å²) in [6.45, 7) is 0. The van der Waals surface area contributed by atoms with Crippen LogP contribution in [0, 0.1) is 0 Å². The number of fused-ring (bicyclic) bond motifs is 1. The highest BCUT2D eigenvalue weighted by Gasteiger charge is 2.08. The first-order chi connectivity index (χ1) is 9.63. The normalized spacial score (nSPS) is 10.8. The Morgan fingerprint density at radius 3 is 2.85 bits per heavy atom. The van der Waals surface area contributed by atoms with Crippen LogP contribution in [0.1, 0.15) is 0 Å². The van der Waals surface area contributed by atoms with Crippen LogP contribution in [-0.2, 0) is 0 Å². The van der Waals surface area contributed by atoms with E-state index in [9.17, 15) is 4.79 Å². The number of nitrogens with one attached hydrogen (secondary N) is 1. The van der Waals surface area contributed by atoms with Crippen LogP contribution in [-0.4, -0.2) is 15.0 Å². The zero-order valence-corrected chi connectivity index (χ0v) is 11.1. The quantitative estimate of drug-likeness (QED) is 0.487. The van der Waals surface area contributed by atoms with Crippen molar-refractivity contribution in [3.63, 3.8) is 0 Å². The van der Waals surface area contributed by atoms with Gasteiger partial charge < -0.3 is 16.5 Å². The summed E-state index contributed by atoms with van der Waals surface area (Å²) < 4.78 is 0. The Morgan fingerprint density at radius 1 is 1.20 bits per heavy atom. The van der Waals surface area contributed by atoms with Gasteiger partial charge in [0.2, 0.25) is 0 Å². The maximum absolute atomic E-state index is 11.4. The fourth-order valence-corrected chi connectivity index (χ4v) is 2.78. The van der Waals surface area contributed by atoms with Gasteiger partial charge in [0.15, 0.2) is 5.16 Å². The van der Waals surface area contributed by atoms with E-state index in [4.69, 9.17) is 11.5 Å². The van der Waals surface area contributed by atoms with Crippen LogP contribution in [0.2, 0.25) is 0 Å². The summed E-state index contributed by atoms with van der Waals surface area (Å²) in [7, 11) is 0. The van der Waals surface area contributed by atoms with E-state index in [-0.39, 0.29) is 11.4 Å². The highest BCUT2D eigenvalue weighted by atomic mass is 32.2. The molecule has 100 valence electrons. The lowest BCUT2D eigenvalue weighted by atomic mass is 10.2. The molecular weight excluding hydrogens is 274 g/mol. The first-order valence-corrected chi connectivity index (χ1v) is 6.63. The number of nitrogens with two attached hydrogens (primary N) is 2. The van der Waals surface area contributed by atoms with Crippen molar-refractivity contribution in [1.82, 2.24) is 15.0 Å². The molecule has 1 aromatic carbocycles. The van der Waals surface area contributed by atoms with Gasteiger partial charge in [-0.1, -0.05) is 23.9 Å². The van der Waals surface area contributed by atoms with Crippen molar-refractivity contribution in [2.45, 2.75) is 10.1 Å². The number of hydrogen-bond donors (Lipinski definition) is 3. The highest BCUT2D eigenvalue weighted by Crippen LogP contribution is 2.32. The SMILES string of the molecule is Nc1cc(=O)[nH]c(Sc2ccnc3c(N)cccc23)n1. The van der Waals surface area contributed by atoms with Gasteiger partial charge in [-0.05, 0) is 12.1 Å². The van der Waals surface area contributed by atoms with Crippen molar-refractivity contribution in [3.8, 4) is 0 Å². The van der Waals surface area contributed by atoms with Crippen molar-refractivity contribution in [1.29, 1.82) is 0 Å². The number of aromatic nitrogens is 3. The molecule has 2 aromatic heterocycles. The third kappa shape index (κ3) is 2.30. The fourth-order valence-electron chi connectivity index (χ4n) is 1.87. The van der Waals surface area contributed by atoms with E-state index < -0.39 is 0 Å². The van der Waals surface area contributed by atoms with Gasteiger partial charge in [0.05, 0.1) is 11.2 Å². The molecule has 0 atom stereocenters. The topological polar surface area (TPSA) is 111 Å². The van der Waals surface area contributed by atoms with Crippen LogP contribution in [0.3, 0.4) is 0 Å². The van der Waals surface area contributed by atoms with Crippen molar-refractivity contribution in [2.75, 3.05) is 11.5 Å². The molecule has 0 unspecified atom stereocenters. The molecule has 3 rings (SSSR count). The molecule has 0 saturated carbocycles. The minimum absolute atomic E-state index is 0.189. The van der Waals surface area contributed by atoms with Crippen LogP contribution in [0.15, 0.2) is 51.4 Å². The van der Waals surface area contributed by atoms with Gasteiger partial charge in [0.25, 0.3) is 5.56 Å². The van der Waals surface area contributed by atoms with E-state index in [1.807, 2.05) is 18.2 Å². The summed E-state index contributed by atoms with van der Waals surface area (Å²) in [5, 5.41) is 1.34. The Kier molecular flexibility index (Phi) is 3.03. The molecule has 0 fully saturated rings. The Balaban J connectivity index is 2.11. The number of rotatable bonds is 2. The minimum atomic E-state index is -0.280. The first-order valence-electron chi connectivity index (χ1n) is 5.81. The smallest absolute Gasteiger partial charge is 0.253 e. The number of pyridine rings is 1. The lowest BCUT2D eigenvalue weighted by Gasteiger charge is -2.06. The standard InChI is InChI=1S/C13H11N5OS/c14-8-3-1-2-7-9(4-5-16-12(7)8)20-13-17-10(15)6-11(19)18-13/h1-6H,14H2,(H3,15,17,18,19). The molecule has 2 heterocycles. The number of anilines is 2. The number of benzene rings is 1. The molecule has 6 nitrogen and oxygen atoms in total. The summed E-state index contributed by atoms with van der Waals surface area (Å²) in [6.07, 6.45) is 1.67. The van der Waals surface area contributed by atoms with Crippen molar-refractivity contribution >= 4 is 34.2 Å². The molecule has 0 aliphatic heterocycles. The van der Waals surface area contributed by atoms with Crippen LogP contribution < -0.4 is 17.0 Å². The molecule has 0 radical (unpaired) electrons. The monoisotopic (exact) mass is 285 g/mol. The predicted octanol–water partition coefficient (Wildman–Crippen LogP) is 1.63. The highest BCUT2D eigenvalue weighted by molar-refractivity contribution is 7.99. The number of nitrogen functional groups attached to an aromatic ring is 2. The molecule has 0 saturated heterocycles. The van der Waals surface area contributed by atoms with Gasteiger partial charge in [-0.3, -0.25) is 9.78 Å². The zero-order chi connectivity index (χ0) is 14.1. The second-order valence-electron chi connectivity index (χ2n) is 4.13. The average molecular weight is 285 g/mol. The Hall–Kier alpha value is -2.54. The van der Waals surface area contributed by atoms with E-state index in [2.05, 4.69) is 15.0 Å². The summed E-state index contributed by atoms with van der Waals surface area (Å²) in [6, 6.07) is 8.66. The molecule has 0 spiro atoms. The third-order valence-corrected chi connectivity index (χ3v) is 3.67. The van der Waals surface area contributed by atoms with Crippen LogP contribution in [0.25, 0.3) is 10.9 Å². The molecule has 20 heavy (non-hydrogen) atoms. The van der Waals surface area contributed by atoms with Crippen molar-refractivity contribution in [2.24, 2.45) is 0 Å². The molecule has 0 amide bonds. The Labute approximate surface area is 118 Å². The second-order valence-corrected chi connectivity index (χ2v) is 5.16. The maximum atomic E-state index is 11.4. The number of H-pyrrole nitrogens is 1. The third-order valence-electron chi connectivity index (χ3n) is 2.71. The molecule has 0 aliphatic carbocycles. The second kappa shape index (κ2) is 4.86. The summed E-state index contributed by atoms with van der Waals surface area (Å²) >= 11 is 1.31. The van der Waals surface area contributed by atoms with Gasteiger partial charge in [0, 0.05) is 22.5 Å². The number of para-hydroxylation sites is 1. The van der Waals surface area contributed by atoms with E-state index in [1.165, 1.54) is 17.8 Å². The van der Waals surface area contributed by atoms with Crippen LogP contribution in [0.4, 0.5) is 11.5 Å². The Morgan fingerprint density at radius 2 is 2.05 bits per heavy atom. The molecule has 3 aromatic rings. The van der Waals surface area contributed by atoms with Gasteiger partial charge in [-0.15, -0.1) is 0 Å². The van der Waals surface area contributed by atoms with E-state index in [0.29, 0.717) is 10.8 Å². The summed E-state index contributed by atoms with van der Waals surface area (Å²) in [5.74, 6) is 0.189. The zero-order valence-electron chi connectivity index (χ0n) is 10.3. The largest absolute Gasteiger partial charge is 0.397 e. The van der Waals surface area contributed by atoms with Gasteiger partial charge >= 0.3 is 0 Å². The minimum Gasteiger partial charge on any atom is -0.397 e. The van der Waals surface area contributed by atoms with Gasteiger partial charge in [-0.25, -0.2) is 4.98 Å². The lowest BCUT2D eigenvalue weighted by molar-refractivity contribution is 0.946. The molecule has 0 aliphatic rings. The average Bonchev–Trinajstić information content (AvgIpc) is 2.39. The van der Waals surface area contributed by atoms with E-state index >= 15 is 0 Å². The van der Waals surface area contributed by atoms with Gasteiger partial charge in [-0.2, -0.15) is 0 Å².